The first kappa shape index (κ1) is 24.1. The number of carboxylic acid groups (broad SMARTS) is 1. The number of ether oxygens (including phenoxy) is 1. The number of nitrogens with one attached hydrogen (secondary N) is 1. The molecule has 1 amide bonds. The molecular formula is C26H27ClN2O4S. The molecule has 6 nitrogen and oxygen atoms in total. The van der Waals surface area contributed by atoms with Crippen LogP contribution in [0.25, 0.3) is 32.1 Å². The van der Waals surface area contributed by atoms with Gasteiger partial charge in [0, 0.05) is 41.9 Å². The number of hydrogen-bond acceptors (Lipinski definition) is 4. The largest absolute Gasteiger partial charge is 0.496 e. The van der Waals surface area contributed by atoms with Crippen molar-refractivity contribution in [2.24, 2.45) is 5.41 Å². The molecule has 2 aromatic carbocycles. The van der Waals surface area contributed by atoms with Crippen molar-refractivity contribution in [1.29, 1.82) is 0 Å². The van der Waals surface area contributed by atoms with Gasteiger partial charge in [0.15, 0.2) is 0 Å². The minimum atomic E-state index is -0.947. The monoisotopic (exact) mass is 498 g/mol. The number of carbonyl (C=O) groups is 1. The van der Waals surface area contributed by atoms with Crippen LogP contribution in [0.4, 0.5) is 4.79 Å². The third-order valence-electron chi connectivity index (χ3n) is 6.27. The van der Waals surface area contributed by atoms with Crippen LogP contribution in [-0.2, 0) is 0 Å². The zero-order chi connectivity index (χ0) is 24.8. The number of H-pyrrole nitrogens is 1. The number of nitrogens with zero attached hydrogens (tertiary/aromatic N) is 1. The van der Waals surface area contributed by atoms with Crippen LogP contribution in [0, 0.1) is 5.41 Å². The highest BCUT2D eigenvalue weighted by atomic mass is 35.5. The zero-order valence-electron chi connectivity index (χ0n) is 19.7. The predicted molar refractivity (Wildman–Crippen MR) is 140 cm³/mol. The molecule has 178 valence electrons. The summed E-state index contributed by atoms with van der Waals surface area (Å²) in [6, 6.07) is 11.8. The zero-order valence-corrected chi connectivity index (χ0v) is 21.3. The van der Waals surface area contributed by atoms with Crippen molar-refractivity contribution in [3.8, 4) is 16.9 Å². The van der Waals surface area contributed by atoms with Gasteiger partial charge in [-0.3, -0.25) is 4.79 Å². The van der Waals surface area contributed by atoms with E-state index in [1.54, 1.807) is 20.2 Å². The highest BCUT2D eigenvalue weighted by molar-refractivity contribution is 7.17. The van der Waals surface area contributed by atoms with Gasteiger partial charge in [-0.05, 0) is 28.0 Å². The summed E-state index contributed by atoms with van der Waals surface area (Å²) in [7, 11) is 3.19. The van der Waals surface area contributed by atoms with Gasteiger partial charge in [0.25, 0.3) is 5.56 Å². The molecule has 0 saturated carbocycles. The molecule has 0 spiro atoms. The number of likely N-dealkylation sites (N-methyl/N-ethyl adjacent to an activating group) is 1. The number of methoxy groups -OCH3 is 1. The molecular weight excluding hydrogens is 472 g/mol. The summed E-state index contributed by atoms with van der Waals surface area (Å²) >= 11 is 7.92. The van der Waals surface area contributed by atoms with E-state index >= 15 is 0 Å². The number of amides is 1. The van der Waals surface area contributed by atoms with E-state index in [9.17, 15) is 14.7 Å². The molecule has 0 fully saturated rings. The molecule has 1 atom stereocenters. The first-order chi connectivity index (χ1) is 16.0. The number of thiophene rings is 1. The van der Waals surface area contributed by atoms with Crippen molar-refractivity contribution >= 4 is 50.0 Å². The number of benzene rings is 2. The Hall–Kier alpha value is -3.03. The number of aromatic nitrogens is 1. The number of rotatable bonds is 5. The Morgan fingerprint density at radius 1 is 1.24 bits per heavy atom. The predicted octanol–water partition coefficient (Wildman–Crippen LogP) is 6.81. The molecule has 2 aromatic heterocycles. The second-order valence-corrected chi connectivity index (χ2v) is 10.8. The summed E-state index contributed by atoms with van der Waals surface area (Å²) in [6.07, 6.45) is -0.947. The Labute approximate surface area is 206 Å². The first-order valence-electron chi connectivity index (χ1n) is 10.9. The minimum Gasteiger partial charge on any atom is -0.496 e. The lowest BCUT2D eigenvalue weighted by atomic mass is 9.76. The highest BCUT2D eigenvalue weighted by Crippen LogP contribution is 2.44. The molecule has 4 aromatic rings. The fourth-order valence-corrected chi connectivity index (χ4v) is 5.47. The maximum Gasteiger partial charge on any atom is 0.407 e. The molecule has 8 heteroatoms. The standard InChI is InChI=1S/C26H27ClN2O4S/c1-26(2,3)17(13-29(4)25(31)32)14-6-8-15(9-7-14)20-19(33-5)12-18(27)22-21(20)16-10-11-34-23(16)24(30)28-22/h6-12,17H,13H2,1-5H3,(H,28,30)(H,31,32)/t17-/m0/s1. The van der Waals surface area contributed by atoms with E-state index in [0.717, 1.165) is 27.5 Å². The molecule has 0 bridgehead atoms. The Morgan fingerprint density at radius 2 is 1.91 bits per heavy atom. The van der Waals surface area contributed by atoms with E-state index in [0.29, 0.717) is 27.5 Å². The fourth-order valence-electron chi connectivity index (χ4n) is 4.43. The average molecular weight is 499 g/mol. The molecule has 0 aliphatic carbocycles. The van der Waals surface area contributed by atoms with Crippen LogP contribution in [-0.4, -0.2) is 41.8 Å². The maximum atomic E-state index is 12.6. The highest BCUT2D eigenvalue weighted by Gasteiger charge is 2.29. The van der Waals surface area contributed by atoms with Crippen molar-refractivity contribution in [3.63, 3.8) is 0 Å². The second-order valence-electron chi connectivity index (χ2n) is 9.51. The van der Waals surface area contributed by atoms with Gasteiger partial charge >= 0.3 is 6.09 Å². The fraction of sp³-hybridized carbons (Fsp3) is 0.308. The quantitative estimate of drug-likeness (QED) is 0.316. The third-order valence-corrected chi connectivity index (χ3v) is 7.48. The van der Waals surface area contributed by atoms with Gasteiger partial charge in [0.1, 0.15) is 10.4 Å². The molecule has 0 aliphatic heterocycles. The number of fused-ring (bicyclic) bond motifs is 3. The summed E-state index contributed by atoms with van der Waals surface area (Å²) in [4.78, 5) is 28.3. The van der Waals surface area contributed by atoms with Crippen molar-refractivity contribution in [1.82, 2.24) is 9.88 Å². The van der Waals surface area contributed by atoms with Crippen LogP contribution in [0.5, 0.6) is 5.75 Å². The topological polar surface area (TPSA) is 82.6 Å². The van der Waals surface area contributed by atoms with Gasteiger partial charge in [-0.25, -0.2) is 4.79 Å². The molecule has 0 saturated heterocycles. The summed E-state index contributed by atoms with van der Waals surface area (Å²) in [5.41, 5.74) is 3.09. The second kappa shape index (κ2) is 8.96. The van der Waals surface area contributed by atoms with E-state index in [1.807, 2.05) is 35.7 Å². The Balaban J connectivity index is 1.90. The molecule has 2 heterocycles. The van der Waals surface area contributed by atoms with Gasteiger partial charge in [-0.15, -0.1) is 11.3 Å². The lowest BCUT2D eigenvalue weighted by Gasteiger charge is -2.33. The number of hydrogen-bond donors (Lipinski definition) is 2. The van der Waals surface area contributed by atoms with E-state index in [-0.39, 0.29) is 16.9 Å². The summed E-state index contributed by atoms with van der Waals surface area (Å²) in [6.45, 7) is 6.73. The van der Waals surface area contributed by atoms with Crippen molar-refractivity contribution in [3.05, 3.63) is 62.7 Å². The lowest BCUT2D eigenvalue weighted by Crippen LogP contribution is -2.34. The Morgan fingerprint density at radius 3 is 2.50 bits per heavy atom. The van der Waals surface area contributed by atoms with Crippen molar-refractivity contribution in [2.75, 3.05) is 20.7 Å². The van der Waals surface area contributed by atoms with Crippen molar-refractivity contribution in [2.45, 2.75) is 26.7 Å². The van der Waals surface area contributed by atoms with Crippen molar-refractivity contribution < 1.29 is 14.6 Å². The maximum absolute atomic E-state index is 12.6. The molecule has 2 N–H and O–H groups in total. The van der Waals surface area contributed by atoms with E-state index in [1.165, 1.54) is 16.2 Å². The normalized spacial score (nSPS) is 12.8. The molecule has 0 unspecified atom stereocenters. The van der Waals surface area contributed by atoms with E-state index in [2.05, 4.69) is 25.8 Å². The Bertz CT molecular complexity index is 1430. The molecule has 4 rings (SSSR count). The Kier molecular flexibility index (Phi) is 6.36. The molecule has 0 aliphatic rings. The summed E-state index contributed by atoms with van der Waals surface area (Å²) in [5.74, 6) is 0.620. The minimum absolute atomic E-state index is 0.00597. The summed E-state index contributed by atoms with van der Waals surface area (Å²) in [5, 5.41) is 13.4. The van der Waals surface area contributed by atoms with Gasteiger partial charge in [-0.1, -0.05) is 56.6 Å². The average Bonchev–Trinajstić information content (AvgIpc) is 3.28. The number of aromatic amines is 1. The van der Waals surface area contributed by atoms with Gasteiger partial charge < -0.3 is 19.7 Å². The van der Waals surface area contributed by atoms with Gasteiger partial charge in [0.05, 0.1) is 17.6 Å². The SMILES string of the molecule is COc1cc(Cl)c2[nH]c(=O)c3sccc3c2c1-c1ccc([C@H](CN(C)C(=O)O)C(C)(C)C)cc1. The van der Waals surface area contributed by atoms with Gasteiger partial charge in [-0.2, -0.15) is 0 Å². The first-order valence-corrected chi connectivity index (χ1v) is 12.1. The molecule has 34 heavy (non-hydrogen) atoms. The van der Waals surface area contributed by atoms with E-state index < -0.39 is 6.09 Å². The van der Waals surface area contributed by atoms with Crippen LogP contribution in [0.15, 0.2) is 46.6 Å². The summed E-state index contributed by atoms with van der Waals surface area (Å²) < 4.78 is 6.35. The van der Waals surface area contributed by atoms with Gasteiger partial charge in [0.2, 0.25) is 0 Å². The van der Waals surface area contributed by atoms with Crippen LogP contribution < -0.4 is 10.3 Å². The van der Waals surface area contributed by atoms with Crippen LogP contribution in [0.2, 0.25) is 5.02 Å². The van der Waals surface area contributed by atoms with Crippen LogP contribution >= 0.6 is 22.9 Å². The van der Waals surface area contributed by atoms with E-state index in [4.69, 9.17) is 16.3 Å². The molecule has 0 radical (unpaired) electrons. The number of halogens is 1. The third kappa shape index (κ3) is 4.26. The smallest absolute Gasteiger partial charge is 0.407 e. The van der Waals surface area contributed by atoms with Crippen LogP contribution in [0.3, 0.4) is 0 Å². The van der Waals surface area contributed by atoms with Crippen LogP contribution in [0.1, 0.15) is 32.3 Å². The number of pyridine rings is 1. The lowest BCUT2D eigenvalue weighted by molar-refractivity contribution is 0.144.